The minimum atomic E-state index is -0.320. The van der Waals surface area contributed by atoms with Gasteiger partial charge in [-0.05, 0) is 38.0 Å². The van der Waals surface area contributed by atoms with Crippen molar-refractivity contribution in [2.45, 2.75) is 81.9 Å². The molecule has 3 fully saturated rings. The molecule has 2 heteroatoms. The van der Waals surface area contributed by atoms with Crippen molar-refractivity contribution in [3.63, 3.8) is 0 Å². The van der Waals surface area contributed by atoms with Crippen molar-refractivity contribution in [1.82, 2.24) is 5.32 Å². The standard InChI is InChI=1S/C14H25NO/c16-14(8-11-4-2-1-3-5-11)9-12-6-7-13(10-14)15-12/h11-13,15-16H,1-10H2. The minimum absolute atomic E-state index is 0.320. The minimum Gasteiger partial charge on any atom is -0.390 e. The van der Waals surface area contributed by atoms with Crippen LogP contribution in [0.2, 0.25) is 0 Å². The highest BCUT2D eigenvalue weighted by Crippen LogP contribution is 2.40. The maximum absolute atomic E-state index is 10.8. The lowest BCUT2D eigenvalue weighted by molar-refractivity contribution is -0.0307. The van der Waals surface area contributed by atoms with E-state index in [9.17, 15) is 5.11 Å². The van der Waals surface area contributed by atoms with Gasteiger partial charge in [-0.15, -0.1) is 0 Å². The number of nitrogens with one attached hydrogen (secondary N) is 1. The summed E-state index contributed by atoms with van der Waals surface area (Å²) < 4.78 is 0. The summed E-state index contributed by atoms with van der Waals surface area (Å²) in [5, 5.41) is 14.4. The Bertz CT molecular complexity index is 235. The summed E-state index contributed by atoms with van der Waals surface area (Å²) in [6.07, 6.45) is 12.6. The van der Waals surface area contributed by atoms with Crippen molar-refractivity contribution in [2.75, 3.05) is 0 Å². The zero-order chi connectivity index (χ0) is 11.0. The topological polar surface area (TPSA) is 32.3 Å². The van der Waals surface area contributed by atoms with Crippen LogP contribution in [-0.2, 0) is 0 Å². The summed E-state index contributed by atoms with van der Waals surface area (Å²) in [6.45, 7) is 0. The summed E-state index contributed by atoms with van der Waals surface area (Å²) in [7, 11) is 0. The molecule has 0 amide bonds. The Morgan fingerprint density at radius 2 is 1.56 bits per heavy atom. The van der Waals surface area contributed by atoms with Gasteiger partial charge in [0.1, 0.15) is 0 Å². The highest BCUT2D eigenvalue weighted by Gasteiger charge is 2.43. The van der Waals surface area contributed by atoms with Crippen LogP contribution < -0.4 is 5.32 Å². The number of fused-ring (bicyclic) bond motifs is 2. The normalized spacial score (nSPS) is 44.8. The molecular formula is C14H25NO. The molecule has 2 heterocycles. The first-order valence-electron chi connectivity index (χ1n) is 7.22. The number of piperidine rings is 1. The van der Waals surface area contributed by atoms with Crippen molar-refractivity contribution in [2.24, 2.45) is 5.92 Å². The first-order chi connectivity index (χ1) is 7.73. The van der Waals surface area contributed by atoms with E-state index in [1.807, 2.05) is 0 Å². The third-order valence-corrected chi connectivity index (χ3v) is 4.98. The Kier molecular flexibility index (Phi) is 2.97. The molecule has 2 atom stereocenters. The fraction of sp³-hybridized carbons (Fsp3) is 1.00. The highest BCUT2D eigenvalue weighted by atomic mass is 16.3. The fourth-order valence-electron chi connectivity index (χ4n) is 4.32. The van der Waals surface area contributed by atoms with E-state index in [4.69, 9.17) is 0 Å². The van der Waals surface area contributed by atoms with Crippen LogP contribution in [0.15, 0.2) is 0 Å². The maximum atomic E-state index is 10.8. The summed E-state index contributed by atoms with van der Waals surface area (Å²) in [5.74, 6) is 0.816. The van der Waals surface area contributed by atoms with Gasteiger partial charge in [-0.2, -0.15) is 0 Å². The average Bonchev–Trinajstić information content (AvgIpc) is 2.59. The largest absolute Gasteiger partial charge is 0.390 e. The van der Waals surface area contributed by atoms with E-state index >= 15 is 0 Å². The van der Waals surface area contributed by atoms with Crippen LogP contribution >= 0.6 is 0 Å². The molecule has 2 unspecified atom stereocenters. The van der Waals surface area contributed by atoms with Gasteiger partial charge < -0.3 is 10.4 Å². The number of rotatable bonds is 2. The van der Waals surface area contributed by atoms with Gasteiger partial charge in [-0.3, -0.25) is 0 Å². The first kappa shape index (κ1) is 11.0. The van der Waals surface area contributed by atoms with Gasteiger partial charge in [-0.25, -0.2) is 0 Å². The molecule has 2 nitrogen and oxygen atoms in total. The van der Waals surface area contributed by atoms with Crippen LogP contribution in [-0.4, -0.2) is 22.8 Å². The number of hydrogen-bond donors (Lipinski definition) is 2. The Labute approximate surface area is 98.8 Å². The van der Waals surface area contributed by atoms with Crippen LogP contribution in [0.1, 0.15) is 64.2 Å². The molecule has 0 aromatic heterocycles. The maximum Gasteiger partial charge on any atom is 0.0680 e. The van der Waals surface area contributed by atoms with Gasteiger partial charge >= 0.3 is 0 Å². The summed E-state index contributed by atoms with van der Waals surface area (Å²) in [6, 6.07) is 1.24. The number of hydrogen-bond acceptors (Lipinski definition) is 2. The van der Waals surface area contributed by atoms with Gasteiger partial charge in [0.15, 0.2) is 0 Å². The van der Waals surface area contributed by atoms with Crippen LogP contribution in [0, 0.1) is 5.92 Å². The molecule has 92 valence electrons. The molecule has 0 aromatic carbocycles. The monoisotopic (exact) mass is 223 g/mol. The molecule has 0 radical (unpaired) electrons. The molecule has 2 N–H and O–H groups in total. The molecule has 0 aromatic rings. The van der Waals surface area contributed by atoms with Crippen molar-refractivity contribution < 1.29 is 5.11 Å². The summed E-state index contributed by atoms with van der Waals surface area (Å²) >= 11 is 0. The van der Waals surface area contributed by atoms with Gasteiger partial charge in [0.05, 0.1) is 5.60 Å². The molecule has 1 aliphatic carbocycles. The predicted molar refractivity (Wildman–Crippen MR) is 65.3 cm³/mol. The van der Waals surface area contributed by atoms with E-state index in [1.54, 1.807) is 0 Å². The molecule has 2 aliphatic heterocycles. The quantitative estimate of drug-likeness (QED) is 0.754. The molecule has 1 saturated carbocycles. The summed E-state index contributed by atoms with van der Waals surface area (Å²) in [5.41, 5.74) is -0.320. The molecular weight excluding hydrogens is 198 g/mol. The SMILES string of the molecule is OC1(CC2CCCCC2)CC2CCC(C1)N2. The van der Waals surface area contributed by atoms with Gasteiger partial charge in [0, 0.05) is 12.1 Å². The average molecular weight is 223 g/mol. The van der Waals surface area contributed by atoms with Gasteiger partial charge in [0.25, 0.3) is 0 Å². The van der Waals surface area contributed by atoms with Crippen molar-refractivity contribution in [1.29, 1.82) is 0 Å². The van der Waals surface area contributed by atoms with E-state index < -0.39 is 0 Å². The predicted octanol–water partition coefficient (Wildman–Crippen LogP) is 2.60. The van der Waals surface area contributed by atoms with Crippen LogP contribution in [0.3, 0.4) is 0 Å². The smallest absolute Gasteiger partial charge is 0.0680 e. The third kappa shape index (κ3) is 2.28. The van der Waals surface area contributed by atoms with Crippen LogP contribution in [0.4, 0.5) is 0 Å². The van der Waals surface area contributed by atoms with Gasteiger partial charge in [0.2, 0.25) is 0 Å². The molecule has 3 rings (SSSR count). The second-order valence-corrected chi connectivity index (χ2v) is 6.48. The van der Waals surface area contributed by atoms with E-state index in [2.05, 4.69) is 5.32 Å². The molecule has 16 heavy (non-hydrogen) atoms. The van der Waals surface area contributed by atoms with Crippen LogP contribution in [0.25, 0.3) is 0 Å². The lowest BCUT2D eigenvalue weighted by Gasteiger charge is -2.40. The second kappa shape index (κ2) is 4.30. The molecule has 2 bridgehead atoms. The lowest BCUT2D eigenvalue weighted by Crippen LogP contribution is -2.49. The van der Waals surface area contributed by atoms with E-state index in [0.29, 0.717) is 12.1 Å². The first-order valence-corrected chi connectivity index (χ1v) is 7.22. The van der Waals surface area contributed by atoms with Gasteiger partial charge in [-0.1, -0.05) is 32.1 Å². The van der Waals surface area contributed by atoms with Crippen LogP contribution in [0.5, 0.6) is 0 Å². The molecule has 3 aliphatic rings. The molecule has 0 spiro atoms. The Morgan fingerprint density at radius 3 is 2.19 bits per heavy atom. The zero-order valence-electron chi connectivity index (χ0n) is 10.3. The summed E-state index contributed by atoms with van der Waals surface area (Å²) in [4.78, 5) is 0. The third-order valence-electron chi connectivity index (χ3n) is 4.98. The van der Waals surface area contributed by atoms with E-state index in [1.165, 1.54) is 44.9 Å². The van der Waals surface area contributed by atoms with Crippen molar-refractivity contribution in [3.8, 4) is 0 Å². The highest BCUT2D eigenvalue weighted by molar-refractivity contribution is 5.00. The van der Waals surface area contributed by atoms with Crippen molar-refractivity contribution >= 4 is 0 Å². The fourth-order valence-corrected chi connectivity index (χ4v) is 4.32. The lowest BCUT2D eigenvalue weighted by atomic mass is 9.76. The van der Waals surface area contributed by atoms with E-state index in [0.717, 1.165) is 25.2 Å². The Hall–Kier alpha value is -0.0800. The zero-order valence-corrected chi connectivity index (χ0v) is 10.3. The molecule has 2 saturated heterocycles. The Morgan fingerprint density at radius 1 is 0.938 bits per heavy atom. The number of aliphatic hydroxyl groups is 1. The van der Waals surface area contributed by atoms with Crippen molar-refractivity contribution in [3.05, 3.63) is 0 Å². The Balaban J connectivity index is 1.60. The van der Waals surface area contributed by atoms with E-state index in [-0.39, 0.29) is 5.60 Å². The second-order valence-electron chi connectivity index (χ2n) is 6.48.